The third-order valence-corrected chi connectivity index (χ3v) is 5.91. The van der Waals surface area contributed by atoms with Gasteiger partial charge in [0, 0.05) is 30.8 Å². The van der Waals surface area contributed by atoms with E-state index in [-0.39, 0.29) is 12.1 Å². The highest BCUT2D eigenvalue weighted by molar-refractivity contribution is 7.10. The van der Waals surface area contributed by atoms with Gasteiger partial charge in [-0.1, -0.05) is 24.3 Å². The van der Waals surface area contributed by atoms with Gasteiger partial charge in [-0.3, -0.25) is 0 Å². The maximum atomic E-state index is 13.2. The van der Waals surface area contributed by atoms with Crippen LogP contribution in [0.5, 0.6) is 0 Å². The van der Waals surface area contributed by atoms with Gasteiger partial charge in [0.25, 0.3) is 0 Å². The van der Waals surface area contributed by atoms with Crippen LogP contribution in [0.25, 0.3) is 5.69 Å². The second kappa shape index (κ2) is 8.63. The number of fused-ring (bicyclic) bond motifs is 3. The minimum Gasteiger partial charge on any atom is -0.382 e. The largest absolute Gasteiger partial charge is 0.382 e. The summed E-state index contributed by atoms with van der Waals surface area (Å²) in [5.74, 6) is 0. The standard InChI is InChI=1S/C22H25N3O2S/c1-2-27-14-7-12-23-22(26)25-16-17-8-3-4-9-18(17)24-13-5-10-19(24)21(25)20-11-6-15-28-20/h3-6,8-11,13,15,21H,2,7,12,14,16H2,1H3,(H,23,26)/t21-/m0/s1. The summed E-state index contributed by atoms with van der Waals surface area (Å²) in [5.41, 5.74) is 3.39. The van der Waals surface area contributed by atoms with Crippen molar-refractivity contribution in [3.05, 3.63) is 76.2 Å². The summed E-state index contributed by atoms with van der Waals surface area (Å²) >= 11 is 1.69. The average molecular weight is 396 g/mol. The Labute approximate surface area is 169 Å². The summed E-state index contributed by atoms with van der Waals surface area (Å²) in [7, 11) is 0. The third kappa shape index (κ3) is 3.70. The van der Waals surface area contributed by atoms with Crippen LogP contribution in [0.15, 0.2) is 60.1 Å². The molecule has 0 fully saturated rings. The molecular formula is C22H25N3O2S. The predicted octanol–water partition coefficient (Wildman–Crippen LogP) is 4.58. The highest BCUT2D eigenvalue weighted by atomic mass is 32.1. The zero-order valence-electron chi connectivity index (χ0n) is 16.0. The molecule has 0 unspecified atom stereocenters. The van der Waals surface area contributed by atoms with E-state index in [1.807, 2.05) is 30.0 Å². The normalized spacial score (nSPS) is 15.6. The van der Waals surface area contributed by atoms with Gasteiger partial charge in [0.05, 0.1) is 17.9 Å². The van der Waals surface area contributed by atoms with Crippen molar-refractivity contribution >= 4 is 17.4 Å². The van der Waals surface area contributed by atoms with E-state index in [0.29, 0.717) is 26.3 Å². The first-order valence-corrected chi connectivity index (χ1v) is 10.6. The minimum absolute atomic E-state index is 0.0423. The zero-order chi connectivity index (χ0) is 19.3. The minimum atomic E-state index is -0.116. The second-order valence-electron chi connectivity index (χ2n) is 6.76. The molecule has 4 rings (SSSR count). The Hall–Kier alpha value is -2.57. The summed E-state index contributed by atoms with van der Waals surface area (Å²) in [5, 5.41) is 5.16. The molecule has 0 saturated carbocycles. The van der Waals surface area contributed by atoms with E-state index in [4.69, 9.17) is 4.74 Å². The van der Waals surface area contributed by atoms with Crippen LogP contribution in [0.4, 0.5) is 4.79 Å². The molecule has 0 spiro atoms. The van der Waals surface area contributed by atoms with Crippen LogP contribution in [-0.2, 0) is 11.3 Å². The van der Waals surface area contributed by atoms with E-state index >= 15 is 0 Å². The van der Waals surface area contributed by atoms with Crippen LogP contribution in [-0.4, -0.2) is 35.3 Å². The Morgan fingerprint density at radius 1 is 1.21 bits per heavy atom. The maximum absolute atomic E-state index is 13.2. The first-order valence-electron chi connectivity index (χ1n) is 9.70. The van der Waals surface area contributed by atoms with Gasteiger partial charge >= 0.3 is 6.03 Å². The second-order valence-corrected chi connectivity index (χ2v) is 7.74. The first kappa shape index (κ1) is 18.8. The Bertz CT molecular complexity index is 920. The molecular weight excluding hydrogens is 370 g/mol. The maximum Gasteiger partial charge on any atom is 0.318 e. The highest BCUT2D eigenvalue weighted by Gasteiger charge is 2.33. The van der Waals surface area contributed by atoms with Crippen LogP contribution in [0, 0.1) is 0 Å². The molecule has 0 bridgehead atoms. The van der Waals surface area contributed by atoms with Gasteiger partial charge in [-0.05, 0) is 48.6 Å². The van der Waals surface area contributed by atoms with Gasteiger partial charge in [-0.15, -0.1) is 11.3 Å². The van der Waals surface area contributed by atoms with Gasteiger partial charge in [-0.25, -0.2) is 4.79 Å². The number of rotatable bonds is 6. The molecule has 0 saturated heterocycles. The number of thiophene rings is 1. The number of nitrogens with one attached hydrogen (secondary N) is 1. The Kier molecular flexibility index (Phi) is 5.78. The number of carbonyl (C=O) groups is 1. The average Bonchev–Trinajstić information content (AvgIpc) is 3.38. The Morgan fingerprint density at radius 3 is 2.93 bits per heavy atom. The van der Waals surface area contributed by atoms with Crippen LogP contribution < -0.4 is 5.32 Å². The number of aromatic nitrogens is 1. The van der Waals surface area contributed by atoms with Gasteiger partial charge in [-0.2, -0.15) is 0 Å². The van der Waals surface area contributed by atoms with Crippen molar-refractivity contribution in [2.24, 2.45) is 0 Å². The lowest BCUT2D eigenvalue weighted by Crippen LogP contribution is -2.42. The number of hydrogen-bond acceptors (Lipinski definition) is 3. The van der Waals surface area contributed by atoms with Crippen LogP contribution in [0.1, 0.15) is 35.5 Å². The van der Waals surface area contributed by atoms with Crippen molar-refractivity contribution in [2.45, 2.75) is 25.9 Å². The van der Waals surface area contributed by atoms with Gasteiger partial charge in [0.2, 0.25) is 0 Å². The molecule has 0 radical (unpaired) electrons. The number of para-hydroxylation sites is 1. The molecule has 2 amide bonds. The van der Waals surface area contributed by atoms with Gasteiger partial charge in [0.1, 0.15) is 6.04 Å². The van der Waals surface area contributed by atoms with Crippen molar-refractivity contribution in [3.8, 4) is 5.69 Å². The quantitative estimate of drug-likeness (QED) is 0.621. The summed E-state index contributed by atoms with van der Waals surface area (Å²) in [6, 6.07) is 16.5. The van der Waals surface area contributed by atoms with Crippen LogP contribution in [0.2, 0.25) is 0 Å². The van der Waals surface area contributed by atoms with Crippen molar-refractivity contribution in [1.29, 1.82) is 0 Å². The topological polar surface area (TPSA) is 46.5 Å². The van der Waals surface area contributed by atoms with E-state index < -0.39 is 0 Å². The number of ether oxygens (including phenoxy) is 1. The number of amides is 2. The van der Waals surface area contributed by atoms with Crippen molar-refractivity contribution < 1.29 is 9.53 Å². The lowest BCUT2D eigenvalue weighted by molar-refractivity contribution is 0.143. The smallest absolute Gasteiger partial charge is 0.318 e. The number of nitrogens with zero attached hydrogens (tertiary/aromatic N) is 2. The van der Waals surface area contributed by atoms with E-state index in [9.17, 15) is 4.79 Å². The van der Waals surface area contributed by atoms with Crippen molar-refractivity contribution in [3.63, 3.8) is 0 Å². The van der Waals surface area contributed by atoms with Gasteiger partial charge < -0.3 is 19.5 Å². The van der Waals surface area contributed by atoms with E-state index in [1.165, 1.54) is 0 Å². The molecule has 1 aromatic carbocycles. The summed E-state index contributed by atoms with van der Waals surface area (Å²) in [6.07, 6.45) is 2.89. The molecule has 1 aliphatic heterocycles. The Morgan fingerprint density at radius 2 is 2.11 bits per heavy atom. The first-order chi connectivity index (χ1) is 13.8. The lowest BCUT2D eigenvalue weighted by Gasteiger charge is -2.30. The zero-order valence-corrected chi connectivity index (χ0v) is 16.8. The fourth-order valence-electron chi connectivity index (χ4n) is 3.70. The molecule has 28 heavy (non-hydrogen) atoms. The van der Waals surface area contributed by atoms with Crippen molar-refractivity contribution in [1.82, 2.24) is 14.8 Å². The number of hydrogen-bond donors (Lipinski definition) is 1. The molecule has 3 heterocycles. The van der Waals surface area contributed by atoms with Crippen molar-refractivity contribution in [2.75, 3.05) is 19.8 Å². The summed E-state index contributed by atoms with van der Waals surface area (Å²) < 4.78 is 7.59. The molecule has 146 valence electrons. The monoisotopic (exact) mass is 395 g/mol. The third-order valence-electron chi connectivity index (χ3n) is 4.98. The molecule has 2 aromatic heterocycles. The fourth-order valence-corrected chi connectivity index (χ4v) is 4.55. The molecule has 3 aromatic rings. The van der Waals surface area contributed by atoms with Crippen LogP contribution >= 0.6 is 11.3 Å². The molecule has 6 heteroatoms. The Balaban J connectivity index is 1.67. The van der Waals surface area contributed by atoms with E-state index in [2.05, 4.69) is 51.8 Å². The number of carbonyl (C=O) groups excluding carboxylic acids is 1. The predicted molar refractivity (Wildman–Crippen MR) is 112 cm³/mol. The van der Waals surface area contributed by atoms with Gasteiger partial charge in [0.15, 0.2) is 0 Å². The molecule has 1 atom stereocenters. The molecule has 0 aliphatic carbocycles. The molecule has 1 N–H and O–H groups in total. The highest BCUT2D eigenvalue weighted by Crippen LogP contribution is 2.38. The van der Waals surface area contributed by atoms with E-state index in [1.54, 1.807) is 11.3 Å². The summed E-state index contributed by atoms with van der Waals surface area (Å²) in [4.78, 5) is 16.3. The van der Waals surface area contributed by atoms with E-state index in [0.717, 1.165) is 28.2 Å². The SMILES string of the molecule is CCOCCCNC(=O)N1Cc2ccccc2-n2cccc2[C@H]1c1cccs1. The molecule has 5 nitrogen and oxygen atoms in total. The lowest BCUT2D eigenvalue weighted by atomic mass is 10.1. The van der Waals surface area contributed by atoms with Crippen LogP contribution in [0.3, 0.4) is 0 Å². The number of urea groups is 1. The molecule has 1 aliphatic rings. The number of benzene rings is 1. The fraction of sp³-hybridized carbons (Fsp3) is 0.318. The summed E-state index contributed by atoms with van der Waals surface area (Å²) in [6.45, 7) is 4.52.